The molecule has 0 radical (unpaired) electrons. The highest BCUT2D eigenvalue weighted by Gasteiger charge is 2.31. The summed E-state index contributed by atoms with van der Waals surface area (Å²) in [6.07, 6.45) is -4.57. The van der Waals surface area contributed by atoms with Gasteiger partial charge in [0.05, 0.1) is 29.6 Å². The molecular weight excluding hydrogens is 421 g/mol. The van der Waals surface area contributed by atoms with E-state index in [2.05, 4.69) is 5.10 Å². The van der Waals surface area contributed by atoms with Gasteiger partial charge in [-0.25, -0.2) is 4.79 Å². The van der Waals surface area contributed by atoms with Gasteiger partial charge in [0.1, 0.15) is 5.75 Å². The second-order valence-electron chi connectivity index (χ2n) is 6.81. The zero-order chi connectivity index (χ0) is 22.7. The summed E-state index contributed by atoms with van der Waals surface area (Å²) in [5.74, 6) is -0.228. The van der Waals surface area contributed by atoms with E-state index in [0.717, 1.165) is 23.8 Å². The standard InChI is InChI=1S/C24H17F3N2O3/c1-31-20-12-10-19(11-13-20)29-22(15-21(28-29)16-6-3-2-4-7-16)32-23(30)17-8-5-9-18(14-17)24(25,26)27/h2-15H,1H3. The van der Waals surface area contributed by atoms with Crippen LogP contribution < -0.4 is 9.47 Å². The molecular formula is C24H17F3N2O3. The number of rotatable bonds is 5. The molecule has 0 fully saturated rings. The Balaban J connectivity index is 1.72. The first-order chi connectivity index (χ1) is 15.3. The maximum atomic E-state index is 13.0. The van der Waals surface area contributed by atoms with Gasteiger partial charge in [0.2, 0.25) is 5.88 Å². The number of esters is 1. The van der Waals surface area contributed by atoms with Crippen molar-refractivity contribution in [1.82, 2.24) is 9.78 Å². The highest BCUT2D eigenvalue weighted by molar-refractivity contribution is 5.91. The Labute approximate surface area is 181 Å². The minimum Gasteiger partial charge on any atom is -0.497 e. The zero-order valence-electron chi connectivity index (χ0n) is 16.8. The molecule has 0 bridgehead atoms. The molecule has 0 saturated carbocycles. The van der Waals surface area contributed by atoms with Crippen molar-refractivity contribution in [2.45, 2.75) is 6.18 Å². The van der Waals surface area contributed by atoms with E-state index >= 15 is 0 Å². The monoisotopic (exact) mass is 438 g/mol. The third-order valence-electron chi connectivity index (χ3n) is 4.69. The highest BCUT2D eigenvalue weighted by Crippen LogP contribution is 2.31. The largest absolute Gasteiger partial charge is 0.497 e. The number of aromatic nitrogens is 2. The predicted octanol–water partition coefficient (Wildman–Crippen LogP) is 5.79. The Kier molecular flexibility index (Phi) is 5.68. The van der Waals surface area contributed by atoms with Gasteiger partial charge in [-0.05, 0) is 42.5 Å². The number of carbonyl (C=O) groups is 1. The molecule has 0 unspecified atom stereocenters. The zero-order valence-corrected chi connectivity index (χ0v) is 16.8. The third-order valence-corrected chi connectivity index (χ3v) is 4.69. The van der Waals surface area contributed by atoms with Crippen LogP contribution in [-0.4, -0.2) is 22.9 Å². The van der Waals surface area contributed by atoms with Crippen LogP contribution in [0.4, 0.5) is 13.2 Å². The molecule has 8 heteroatoms. The van der Waals surface area contributed by atoms with Crippen molar-refractivity contribution in [3.8, 4) is 28.6 Å². The van der Waals surface area contributed by atoms with Crippen LogP contribution in [0.2, 0.25) is 0 Å². The van der Waals surface area contributed by atoms with Crippen molar-refractivity contribution in [3.63, 3.8) is 0 Å². The molecule has 1 aromatic heterocycles. The number of ether oxygens (including phenoxy) is 2. The summed E-state index contributed by atoms with van der Waals surface area (Å²) in [5.41, 5.74) is 0.758. The van der Waals surface area contributed by atoms with Gasteiger partial charge in [-0.15, -0.1) is 0 Å². The summed E-state index contributed by atoms with van der Waals surface area (Å²) in [6.45, 7) is 0. The number of carbonyl (C=O) groups excluding carboxylic acids is 1. The minimum atomic E-state index is -4.57. The number of hydrogen-bond donors (Lipinski definition) is 0. The van der Waals surface area contributed by atoms with E-state index in [1.54, 1.807) is 37.4 Å². The van der Waals surface area contributed by atoms with Crippen LogP contribution in [0.25, 0.3) is 16.9 Å². The maximum Gasteiger partial charge on any atom is 0.416 e. The number of benzene rings is 3. The molecule has 0 saturated heterocycles. The summed E-state index contributed by atoms with van der Waals surface area (Å²) < 4.78 is 51.1. The first-order valence-electron chi connectivity index (χ1n) is 9.54. The van der Waals surface area contributed by atoms with Crippen LogP contribution in [0.15, 0.2) is 84.9 Å². The molecule has 0 N–H and O–H groups in total. The van der Waals surface area contributed by atoms with Gasteiger partial charge in [-0.3, -0.25) is 0 Å². The number of halogens is 3. The second kappa shape index (κ2) is 8.58. The SMILES string of the molecule is COc1ccc(-n2nc(-c3ccccc3)cc2OC(=O)c2cccc(C(F)(F)F)c2)cc1. The fourth-order valence-electron chi connectivity index (χ4n) is 3.07. The number of methoxy groups -OCH3 is 1. The van der Waals surface area contributed by atoms with Crippen molar-refractivity contribution < 1.29 is 27.4 Å². The highest BCUT2D eigenvalue weighted by atomic mass is 19.4. The second-order valence-corrected chi connectivity index (χ2v) is 6.81. The Morgan fingerprint density at radius 3 is 2.28 bits per heavy atom. The lowest BCUT2D eigenvalue weighted by Gasteiger charge is -2.10. The molecule has 1 heterocycles. The van der Waals surface area contributed by atoms with Gasteiger partial charge in [-0.1, -0.05) is 36.4 Å². The number of hydrogen-bond acceptors (Lipinski definition) is 4. The quantitative estimate of drug-likeness (QED) is 0.371. The minimum absolute atomic E-state index is 0.0661. The van der Waals surface area contributed by atoms with Crippen molar-refractivity contribution >= 4 is 5.97 Å². The van der Waals surface area contributed by atoms with Crippen LogP contribution in [0.1, 0.15) is 15.9 Å². The fourth-order valence-corrected chi connectivity index (χ4v) is 3.07. The smallest absolute Gasteiger partial charge is 0.416 e. The summed E-state index contributed by atoms with van der Waals surface area (Å²) in [4.78, 5) is 12.7. The van der Waals surface area contributed by atoms with Crippen molar-refractivity contribution in [3.05, 3.63) is 96.1 Å². The first kappa shape index (κ1) is 21.2. The maximum absolute atomic E-state index is 13.0. The van der Waals surface area contributed by atoms with E-state index in [-0.39, 0.29) is 11.4 Å². The summed E-state index contributed by atoms with van der Waals surface area (Å²) in [7, 11) is 1.54. The molecule has 162 valence electrons. The molecule has 0 atom stereocenters. The lowest BCUT2D eigenvalue weighted by atomic mass is 10.1. The van der Waals surface area contributed by atoms with Crippen LogP contribution in [0.3, 0.4) is 0 Å². The van der Waals surface area contributed by atoms with E-state index in [4.69, 9.17) is 9.47 Å². The van der Waals surface area contributed by atoms with Gasteiger partial charge >= 0.3 is 12.1 Å². The van der Waals surface area contributed by atoms with E-state index in [0.29, 0.717) is 17.1 Å². The van der Waals surface area contributed by atoms with Gasteiger partial charge in [-0.2, -0.15) is 23.0 Å². The van der Waals surface area contributed by atoms with Crippen LogP contribution >= 0.6 is 0 Å². The van der Waals surface area contributed by atoms with Crippen molar-refractivity contribution in [2.24, 2.45) is 0 Å². The van der Waals surface area contributed by atoms with Crippen molar-refractivity contribution in [2.75, 3.05) is 7.11 Å². The first-order valence-corrected chi connectivity index (χ1v) is 9.54. The molecule has 0 amide bonds. The van der Waals surface area contributed by atoms with E-state index in [1.165, 1.54) is 10.7 Å². The Morgan fingerprint density at radius 1 is 0.906 bits per heavy atom. The van der Waals surface area contributed by atoms with Gasteiger partial charge in [0, 0.05) is 11.6 Å². The molecule has 3 aromatic carbocycles. The predicted molar refractivity (Wildman–Crippen MR) is 112 cm³/mol. The Bertz CT molecular complexity index is 1230. The van der Waals surface area contributed by atoms with E-state index in [9.17, 15) is 18.0 Å². The normalized spacial score (nSPS) is 11.2. The molecule has 0 aliphatic rings. The molecule has 5 nitrogen and oxygen atoms in total. The molecule has 0 spiro atoms. The summed E-state index contributed by atoms with van der Waals surface area (Å²) in [6, 6.07) is 21.8. The lowest BCUT2D eigenvalue weighted by Crippen LogP contribution is -2.13. The molecule has 32 heavy (non-hydrogen) atoms. The van der Waals surface area contributed by atoms with Gasteiger partial charge in [0.15, 0.2) is 0 Å². The molecule has 0 aliphatic heterocycles. The van der Waals surface area contributed by atoms with Gasteiger partial charge in [0.25, 0.3) is 0 Å². The molecule has 4 rings (SSSR count). The van der Waals surface area contributed by atoms with Crippen LogP contribution in [0, 0.1) is 0 Å². The third kappa shape index (κ3) is 4.49. The Morgan fingerprint density at radius 2 is 1.62 bits per heavy atom. The average Bonchev–Trinajstić information content (AvgIpc) is 3.23. The van der Waals surface area contributed by atoms with Gasteiger partial charge < -0.3 is 9.47 Å². The topological polar surface area (TPSA) is 53.4 Å². The number of nitrogens with zero attached hydrogens (tertiary/aromatic N) is 2. The van der Waals surface area contributed by atoms with Crippen LogP contribution in [-0.2, 0) is 6.18 Å². The van der Waals surface area contributed by atoms with Crippen molar-refractivity contribution in [1.29, 1.82) is 0 Å². The average molecular weight is 438 g/mol. The molecule has 4 aromatic rings. The Hall–Kier alpha value is -4.07. The number of alkyl halides is 3. The summed E-state index contributed by atoms with van der Waals surface area (Å²) >= 11 is 0. The molecule has 0 aliphatic carbocycles. The fraction of sp³-hybridized carbons (Fsp3) is 0.0833. The van der Waals surface area contributed by atoms with E-state index < -0.39 is 17.7 Å². The van der Waals surface area contributed by atoms with E-state index in [1.807, 2.05) is 30.3 Å². The summed E-state index contributed by atoms with van der Waals surface area (Å²) in [5, 5.41) is 4.53. The van der Waals surface area contributed by atoms with Crippen LogP contribution in [0.5, 0.6) is 11.6 Å². The lowest BCUT2D eigenvalue weighted by molar-refractivity contribution is -0.137.